The lowest BCUT2D eigenvalue weighted by Crippen LogP contribution is -2.33. The molecule has 0 saturated carbocycles. The fraction of sp³-hybridized carbons (Fsp3) is 0.714. The van der Waals surface area contributed by atoms with Gasteiger partial charge in [0.1, 0.15) is 5.92 Å². The molecule has 2 unspecified atom stereocenters. The Bertz CT molecular complexity index is 497. The number of likely N-dealkylation sites (N-methyl/N-ethyl adjacent to an activating group) is 1. The van der Waals surface area contributed by atoms with Crippen LogP contribution in [0.2, 0.25) is 0 Å². The number of rotatable bonds is 4. The highest BCUT2D eigenvalue weighted by molar-refractivity contribution is 7.15. The van der Waals surface area contributed by atoms with Crippen LogP contribution < -0.4 is 4.90 Å². The molecule has 1 N–H and O–H groups in total. The van der Waals surface area contributed by atoms with Gasteiger partial charge >= 0.3 is 5.97 Å². The van der Waals surface area contributed by atoms with Crippen LogP contribution in [0, 0.1) is 0 Å². The molecule has 1 fully saturated rings. The number of aryl methyl sites for hydroxylation is 1. The molecule has 1 saturated heterocycles. The maximum Gasteiger partial charge on any atom is 0.312 e. The first kappa shape index (κ1) is 13.8. The fourth-order valence-electron chi connectivity index (χ4n) is 2.95. The number of carboxylic acid groups (broad SMARTS) is 1. The molecule has 1 aromatic rings. The highest BCUT2D eigenvalue weighted by atomic mass is 32.1. The van der Waals surface area contributed by atoms with Crippen molar-refractivity contribution in [2.75, 3.05) is 25.1 Å². The molecule has 0 aromatic carbocycles. The minimum Gasteiger partial charge on any atom is -0.481 e. The third-order valence-electron chi connectivity index (χ3n) is 4.08. The van der Waals surface area contributed by atoms with Gasteiger partial charge in [-0.2, -0.15) is 0 Å². The van der Waals surface area contributed by atoms with Gasteiger partial charge in [-0.25, -0.2) is 4.98 Å². The minimum absolute atomic E-state index is 0.280. The van der Waals surface area contributed by atoms with Crippen LogP contribution in [0.3, 0.4) is 0 Å². The van der Waals surface area contributed by atoms with Crippen LogP contribution in [-0.2, 0) is 16.0 Å². The molecule has 1 aliphatic heterocycles. The number of anilines is 1. The van der Waals surface area contributed by atoms with Crippen molar-refractivity contribution in [2.24, 2.45) is 0 Å². The minimum atomic E-state index is -0.751. The van der Waals surface area contributed by atoms with Gasteiger partial charge in [0, 0.05) is 25.1 Å². The highest BCUT2D eigenvalue weighted by Crippen LogP contribution is 2.39. The lowest BCUT2D eigenvalue weighted by molar-refractivity contribution is -0.138. The van der Waals surface area contributed by atoms with Crippen molar-refractivity contribution in [3.63, 3.8) is 0 Å². The molecule has 2 atom stereocenters. The van der Waals surface area contributed by atoms with E-state index in [0.717, 1.165) is 48.1 Å². The van der Waals surface area contributed by atoms with Gasteiger partial charge in [0.2, 0.25) is 0 Å². The van der Waals surface area contributed by atoms with Crippen LogP contribution in [-0.4, -0.2) is 42.4 Å². The van der Waals surface area contributed by atoms with Crippen molar-refractivity contribution >= 4 is 22.4 Å². The van der Waals surface area contributed by atoms with Crippen molar-refractivity contribution in [3.8, 4) is 0 Å². The van der Waals surface area contributed by atoms with Gasteiger partial charge in [0.15, 0.2) is 5.13 Å². The van der Waals surface area contributed by atoms with E-state index in [4.69, 9.17) is 4.74 Å². The number of nitrogens with zero attached hydrogens (tertiary/aromatic N) is 2. The lowest BCUT2D eigenvalue weighted by atomic mass is 10.1. The molecule has 0 amide bonds. The second-order valence-corrected chi connectivity index (χ2v) is 6.67. The topological polar surface area (TPSA) is 62.7 Å². The summed E-state index contributed by atoms with van der Waals surface area (Å²) in [6.07, 6.45) is 5.31. The number of fused-ring (bicyclic) bond motifs is 1. The fourth-order valence-corrected chi connectivity index (χ4v) is 4.06. The van der Waals surface area contributed by atoms with Crippen LogP contribution in [0.15, 0.2) is 0 Å². The number of thiazole rings is 1. The average Bonchev–Trinajstić information content (AvgIpc) is 2.98. The summed E-state index contributed by atoms with van der Waals surface area (Å²) in [5, 5.41) is 10.1. The molecule has 2 heterocycles. The Morgan fingerprint density at radius 3 is 3.05 bits per heavy atom. The molecule has 0 spiro atoms. The number of ether oxygens (including phenoxy) is 1. The molecule has 110 valence electrons. The summed E-state index contributed by atoms with van der Waals surface area (Å²) in [7, 11) is 2.02. The molecule has 0 bridgehead atoms. The monoisotopic (exact) mass is 296 g/mol. The molecule has 1 aromatic heterocycles. The number of hydrogen-bond acceptors (Lipinski definition) is 5. The average molecular weight is 296 g/mol. The summed E-state index contributed by atoms with van der Waals surface area (Å²) in [4.78, 5) is 19.0. The Labute approximate surface area is 122 Å². The number of carboxylic acids is 1. The molecular weight excluding hydrogens is 276 g/mol. The van der Waals surface area contributed by atoms with Gasteiger partial charge in [-0.1, -0.05) is 0 Å². The molecule has 20 heavy (non-hydrogen) atoms. The lowest BCUT2D eigenvalue weighted by Gasteiger charge is -2.27. The number of aliphatic carboxylic acids is 1. The molecular formula is C14H20N2O3S. The zero-order chi connectivity index (χ0) is 14.1. The Hall–Kier alpha value is -1.14. The van der Waals surface area contributed by atoms with Crippen molar-refractivity contribution in [1.29, 1.82) is 0 Å². The predicted molar refractivity (Wildman–Crippen MR) is 77.7 cm³/mol. The Kier molecular flexibility index (Phi) is 3.94. The quantitative estimate of drug-likeness (QED) is 0.923. The maximum atomic E-state index is 11.2. The predicted octanol–water partition coefficient (Wildman–Crippen LogP) is 2.26. The molecule has 0 radical (unpaired) electrons. The Morgan fingerprint density at radius 2 is 2.35 bits per heavy atom. The van der Waals surface area contributed by atoms with Crippen molar-refractivity contribution < 1.29 is 14.6 Å². The third kappa shape index (κ3) is 2.67. The van der Waals surface area contributed by atoms with Crippen molar-refractivity contribution in [2.45, 2.75) is 44.1 Å². The smallest absolute Gasteiger partial charge is 0.312 e. The first-order valence-electron chi connectivity index (χ1n) is 7.20. The molecule has 6 heteroatoms. The Morgan fingerprint density at radius 1 is 1.50 bits per heavy atom. The first-order chi connectivity index (χ1) is 9.65. The summed E-state index contributed by atoms with van der Waals surface area (Å²) in [5.74, 6) is -1.16. The number of carbonyl (C=O) groups is 1. The normalized spacial score (nSPS) is 25.4. The summed E-state index contributed by atoms with van der Waals surface area (Å²) in [6, 6.07) is 0. The van der Waals surface area contributed by atoms with E-state index in [1.807, 2.05) is 7.05 Å². The molecule has 3 rings (SSSR count). The van der Waals surface area contributed by atoms with E-state index in [9.17, 15) is 9.90 Å². The SMILES string of the molecule is CN(CC1CCCCO1)c1nc2c(s1)CCC2C(=O)O. The standard InChI is InChI=1S/C14H20N2O3S/c1-16(8-9-4-2-3-7-19-9)14-15-12-10(13(17)18)5-6-11(12)20-14/h9-10H,2-8H2,1H3,(H,17,18). The summed E-state index contributed by atoms with van der Waals surface area (Å²) in [6.45, 7) is 1.69. The first-order valence-corrected chi connectivity index (χ1v) is 8.02. The van der Waals surface area contributed by atoms with E-state index in [0.29, 0.717) is 6.42 Å². The van der Waals surface area contributed by atoms with E-state index < -0.39 is 11.9 Å². The van der Waals surface area contributed by atoms with E-state index in [1.165, 1.54) is 6.42 Å². The van der Waals surface area contributed by atoms with Gasteiger partial charge in [0.25, 0.3) is 0 Å². The number of aromatic nitrogens is 1. The summed E-state index contributed by atoms with van der Waals surface area (Å²) >= 11 is 1.64. The maximum absolute atomic E-state index is 11.2. The van der Waals surface area contributed by atoms with Gasteiger partial charge in [0.05, 0.1) is 11.8 Å². The summed E-state index contributed by atoms with van der Waals surface area (Å²) < 4.78 is 5.75. The summed E-state index contributed by atoms with van der Waals surface area (Å²) in [5.41, 5.74) is 0.786. The van der Waals surface area contributed by atoms with Crippen molar-refractivity contribution in [3.05, 3.63) is 10.6 Å². The van der Waals surface area contributed by atoms with Crippen LogP contribution in [0.5, 0.6) is 0 Å². The highest BCUT2D eigenvalue weighted by Gasteiger charge is 2.33. The zero-order valence-corrected chi connectivity index (χ0v) is 12.5. The van der Waals surface area contributed by atoms with E-state index in [-0.39, 0.29) is 6.10 Å². The second kappa shape index (κ2) is 5.69. The van der Waals surface area contributed by atoms with Crippen LogP contribution in [0.4, 0.5) is 5.13 Å². The van der Waals surface area contributed by atoms with Gasteiger partial charge < -0.3 is 14.7 Å². The second-order valence-electron chi connectivity index (χ2n) is 5.60. The molecule has 2 aliphatic rings. The molecule has 1 aliphatic carbocycles. The third-order valence-corrected chi connectivity index (χ3v) is 5.33. The van der Waals surface area contributed by atoms with E-state index in [2.05, 4.69) is 9.88 Å². The van der Waals surface area contributed by atoms with E-state index in [1.54, 1.807) is 11.3 Å². The number of hydrogen-bond donors (Lipinski definition) is 1. The van der Waals surface area contributed by atoms with E-state index >= 15 is 0 Å². The largest absolute Gasteiger partial charge is 0.481 e. The molecule has 5 nitrogen and oxygen atoms in total. The van der Waals surface area contributed by atoms with Crippen LogP contribution in [0.1, 0.15) is 42.2 Å². The Balaban J connectivity index is 1.68. The van der Waals surface area contributed by atoms with Gasteiger partial charge in [-0.3, -0.25) is 4.79 Å². The van der Waals surface area contributed by atoms with Crippen LogP contribution in [0.25, 0.3) is 0 Å². The van der Waals surface area contributed by atoms with Gasteiger partial charge in [-0.15, -0.1) is 11.3 Å². The van der Waals surface area contributed by atoms with Gasteiger partial charge in [-0.05, 0) is 32.1 Å². The zero-order valence-electron chi connectivity index (χ0n) is 11.7. The van der Waals surface area contributed by atoms with Crippen molar-refractivity contribution in [1.82, 2.24) is 4.98 Å². The van der Waals surface area contributed by atoms with Crippen LogP contribution >= 0.6 is 11.3 Å².